The molecule has 0 spiro atoms. The molecule has 34 heavy (non-hydrogen) atoms. The van der Waals surface area contributed by atoms with Gasteiger partial charge in [-0.15, -0.1) is 0 Å². The second-order valence-corrected chi connectivity index (χ2v) is 9.30. The molecule has 1 amide bonds. The van der Waals surface area contributed by atoms with E-state index in [-0.39, 0.29) is 11.8 Å². The first-order chi connectivity index (χ1) is 16.5. The summed E-state index contributed by atoms with van der Waals surface area (Å²) < 4.78 is 0. The highest BCUT2D eigenvalue weighted by molar-refractivity contribution is 6.01. The predicted octanol–water partition coefficient (Wildman–Crippen LogP) is 3.26. The van der Waals surface area contributed by atoms with Gasteiger partial charge in [-0.05, 0) is 81.9 Å². The monoisotopic (exact) mass is 464 g/mol. The Hall–Kier alpha value is -3.00. The van der Waals surface area contributed by atoms with E-state index in [1.807, 2.05) is 25.1 Å². The van der Waals surface area contributed by atoms with Crippen molar-refractivity contribution in [1.29, 1.82) is 0 Å². The van der Waals surface area contributed by atoms with Crippen LogP contribution in [0.5, 0.6) is 0 Å². The number of nitrogen functional groups attached to an aromatic ring is 1. The Balaban J connectivity index is 1.30. The lowest BCUT2D eigenvalue weighted by Gasteiger charge is -2.37. The first kappa shape index (κ1) is 24.1. The van der Waals surface area contributed by atoms with Crippen molar-refractivity contribution in [2.24, 2.45) is 17.0 Å². The van der Waals surface area contributed by atoms with Crippen molar-refractivity contribution in [3.63, 3.8) is 0 Å². The van der Waals surface area contributed by atoms with Gasteiger partial charge in [0.1, 0.15) is 18.1 Å². The standard InChI is InChI=1S/C26H36N6O2/c1-3-34-30-25(24-19(2)5-4-11-29-24)21-9-15-32(16-10-21)26(33)22-7-13-31(14-8-22)18-20-6-12-28-23(27)17-20/h4-6,11-12,17,21-22H,3,7-10,13-16,18H2,1-2H3,(H2,27,28). The van der Waals surface area contributed by atoms with Gasteiger partial charge in [0, 0.05) is 43.9 Å². The molecule has 2 aliphatic heterocycles. The SMILES string of the molecule is CCON=C(c1ncccc1C)C1CCN(C(=O)C2CCN(Cc3ccnc(N)c3)CC2)CC1. The van der Waals surface area contributed by atoms with Crippen molar-refractivity contribution >= 4 is 17.4 Å². The normalized spacial score (nSPS) is 18.8. The van der Waals surface area contributed by atoms with Crippen LogP contribution >= 0.6 is 0 Å². The Bertz CT molecular complexity index is 994. The zero-order valence-electron chi connectivity index (χ0n) is 20.3. The van der Waals surface area contributed by atoms with Crippen LogP contribution in [0, 0.1) is 18.8 Å². The molecule has 0 bridgehead atoms. The fourth-order valence-corrected chi connectivity index (χ4v) is 5.02. The summed E-state index contributed by atoms with van der Waals surface area (Å²) in [7, 11) is 0. The number of likely N-dealkylation sites (tertiary alicyclic amines) is 2. The number of anilines is 1. The lowest BCUT2D eigenvalue weighted by Crippen LogP contribution is -2.46. The Morgan fingerprint density at radius 3 is 2.50 bits per heavy atom. The molecule has 182 valence electrons. The smallest absolute Gasteiger partial charge is 0.225 e. The van der Waals surface area contributed by atoms with E-state index in [0.29, 0.717) is 18.3 Å². The molecule has 0 aliphatic carbocycles. The van der Waals surface area contributed by atoms with Crippen molar-refractivity contribution in [3.05, 3.63) is 53.5 Å². The van der Waals surface area contributed by atoms with Crippen molar-refractivity contribution in [3.8, 4) is 0 Å². The predicted molar refractivity (Wildman–Crippen MR) is 133 cm³/mol. The number of carbonyl (C=O) groups is 1. The summed E-state index contributed by atoms with van der Waals surface area (Å²) in [6.07, 6.45) is 7.14. The van der Waals surface area contributed by atoms with E-state index in [4.69, 9.17) is 10.6 Å². The molecule has 0 unspecified atom stereocenters. The van der Waals surface area contributed by atoms with E-state index < -0.39 is 0 Å². The van der Waals surface area contributed by atoms with E-state index in [1.165, 1.54) is 5.56 Å². The van der Waals surface area contributed by atoms with E-state index >= 15 is 0 Å². The third-order valence-electron chi connectivity index (χ3n) is 6.93. The van der Waals surface area contributed by atoms with Crippen LogP contribution in [0.2, 0.25) is 0 Å². The zero-order valence-corrected chi connectivity index (χ0v) is 20.3. The number of aromatic nitrogens is 2. The highest BCUT2D eigenvalue weighted by Gasteiger charge is 2.33. The summed E-state index contributed by atoms with van der Waals surface area (Å²) >= 11 is 0. The van der Waals surface area contributed by atoms with Crippen molar-refractivity contribution in [1.82, 2.24) is 19.8 Å². The summed E-state index contributed by atoms with van der Waals surface area (Å²) in [5.74, 6) is 1.23. The molecule has 2 fully saturated rings. The summed E-state index contributed by atoms with van der Waals surface area (Å²) in [4.78, 5) is 31.8. The van der Waals surface area contributed by atoms with Crippen LogP contribution in [0.1, 0.15) is 49.4 Å². The molecule has 0 aromatic carbocycles. The molecule has 8 nitrogen and oxygen atoms in total. The quantitative estimate of drug-likeness (QED) is 0.499. The van der Waals surface area contributed by atoms with E-state index in [1.54, 1.807) is 12.4 Å². The van der Waals surface area contributed by atoms with Gasteiger partial charge in [-0.1, -0.05) is 11.2 Å². The fraction of sp³-hybridized carbons (Fsp3) is 0.538. The number of pyridine rings is 2. The summed E-state index contributed by atoms with van der Waals surface area (Å²) in [5.41, 5.74) is 9.89. The van der Waals surface area contributed by atoms with Crippen LogP contribution in [-0.4, -0.2) is 64.2 Å². The average Bonchev–Trinajstić information content (AvgIpc) is 2.86. The highest BCUT2D eigenvalue weighted by atomic mass is 16.6. The van der Waals surface area contributed by atoms with Gasteiger partial charge in [0.05, 0.1) is 5.69 Å². The minimum Gasteiger partial charge on any atom is -0.396 e. The van der Waals surface area contributed by atoms with Crippen molar-refractivity contribution in [2.75, 3.05) is 38.5 Å². The molecule has 0 atom stereocenters. The number of hydrogen-bond acceptors (Lipinski definition) is 7. The van der Waals surface area contributed by atoms with Crippen LogP contribution in [0.4, 0.5) is 5.82 Å². The second-order valence-electron chi connectivity index (χ2n) is 9.30. The molecule has 2 N–H and O–H groups in total. The molecule has 8 heteroatoms. The van der Waals surface area contributed by atoms with Gasteiger partial charge in [-0.2, -0.15) is 0 Å². The van der Waals surface area contributed by atoms with Gasteiger partial charge in [0.2, 0.25) is 5.91 Å². The van der Waals surface area contributed by atoms with Gasteiger partial charge in [0.15, 0.2) is 0 Å². The number of hydrogen-bond donors (Lipinski definition) is 1. The van der Waals surface area contributed by atoms with Crippen LogP contribution in [-0.2, 0) is 16.2 Å². The lowest BCUT2D eigenvalue weighted by atomic mass is 9.87. The summed E-state index contributed by atoms with van der Waals surface area (Å²) in [6, 6.07) is 7.93. The maximum absolute atomic E-state index is 13.3. The maximum Gasteiger partial charge on any atom is 0.225 e. The minimum atomic E-state index is 0.116. The highest BCUT2D eigenvalue weighted by Crippen LogP contribution is 2.27. The second kappa shape index (κ2) is 11.4. The molecule has 4 heterocycles. The number of carbonyl (C=O) groups excluding carboxylic acids is 1. The van der Waals surface area contributed by atoms with Gasteiger partial charge in [0.25, 0.3) is 0 Å². The Morgan fingerprint density at radius 1 is 1.09 bits per heavy atom. The molecular weight excluding hydrogens is 428 g/mol. The number of rotatable bonds is 7. The van der Waals surface area contributed by atoms with Gasteiger partial charge in [-0.3, -0.25) is 14.7 Å². The number of piperidine rings is 2. The van der Waals surface area contributed by atoms with E-state index in [9.17, 15) is 4.79 Å². The molecule has 2 aromatic rings. The van der Waals surface area contributed by atoms with Crippen LogP contribution in [0.15, 0.2) is 41.8 Å². The number of aryl methyl sites for hydroxylation is 1. The third kappa shape index (κ3) is 5.91. The van der Waals surface area contributed by atoms with Crippen LogP contribution in [0.25, 0.3) is 0 Å². The first-order valence-electron chi connectivity index (χ1n) is 12.4. The van der Waals surface area contributed by atoms with Gasteiger partial charge < -0.3 is 15.5 Å². The molecule has 4 rings (SSSR count). The largest absolute Gasteiger partial charge is 0.396 e. The maximum atomic E-state index is 13.3. The van der Waals surface area contributed by atoms with Gasteiger partial charge in [-0.25, -0.2) is 4.98 Å². The van der Waals surface area contributed by atoms with E-state index in [0.717, 1.165) is 75.4 Å². The number of nitrogens with zero attached hydrogens (tertiary/aromatic N) is 5. The fourth-order valence-electron chi connectivity index (χ4n) is 5.02. The Labute approximate surface area is 202 Å². The molecular formula is C26H36N6O2. The average molecular weight is 465 g/mol. The van der Waals surface area contributed by atoms with Crippen LogP contribution < -0.4 is 5.73 Å². The zero-order chi connectivity index (χ0) is 23.9. The van der Waals surface area contributed by atoms with Crippen molar-refractivity contribution in [2.45, 2.75) is 46.1 Å². The number of amides is 1. The summed E-state index contributed by atoms with van der Waals surface area (Å²) in [5, 5.41) is 4.44. The Kier molecular flexibility index (Phi) is 8.11. The minimum absolute atomic E-state index is 0.116. The topological polar surface area (TPSA) is 96.9 Å². The van der Waals surface area contributed by atoms with Crippen molar-refractivity contribution < 1.29 is 9.63 Å². The number of oxime groups is 1. The van der Waals surface area contributed by atoms with Crippen LogP contribution in [0.3, 0.4) is 0 Å². The molecule has 2 aromatic heterocycles. The Morgan fingerprint density at radius 2 is 1.82 bits per heavy atom. The molecule has 0 radical (unpaired) electrons. The third-order valence-corrected chi connectivity index (χ3v) is 6.93. The molecule has 2 aliphatic rings. The molecule has 0 saturated carbocycles. The first-order valence-corrected chi connectivity index (χ1v) is 12.4. The molecule has 2 saturated heterocycles. The lowest BCUT2D eigenvalue weighted by molar-refractivity contribution is -0.138. The van der Waals surface area contributed by atoms with Gasteiger partial charge >= 0.3 is 0 Å². The number of nitrogens with two attached hydrogens (primary N) is 1. The van der Waals surface area contributed by atoms with E-state index in [2.05, 4.69) is 37.9 Å². The summed E-state index contributed by atoms with van der Waals surface area (Å²) in [6.45, 7) is 8.75.